The van der Waals surface area contributed by atoms with E-state index in [0.29, 0.717) is 32.2 Å². The highest BCUT2D eigenvalue weighted by molar-refractivity contribution is 6.03. The summed E-state index contributed by atoms with van der Waals surface area (Å²) in [7, 11) is 0. The normalized spacial score (nSPS) is 16.2. The van der Waals surface area contributed by atoms with Gasteiger partial charge in [-0.1, -0.05) is 6.92 Å². The Labute approximate surface area is 201 Å². The molecular formula is C26H36N4O4. The lowest BCUT2D eigenvalue weighted by atomic mass is 10.0. The zero-order valence-electron chi connectivity index (χ0n) is 20.9. The molecule has 3 heterocycles. The lowest BCUT2D eigenvalue weighted by Crippen LogP contribution is -2.44. The highest BCUT2D eigenvalue weighted by atomic mass is 16.6. The summed E-state index contributed by atoms with van der Waals surface area (Å²) in [6.07, 6.45) is 3.87. The quantitative estimate of drug-likeness (QED) is 0.519. The topological polar surface area (TPSA) is 89.6 Å². The molecule has 1 fully saturated rings. The Balaban J connectivity index is 1.46. The number of nitrogens with zero attached hydrogens (tertiary/aromatic N) is 3. The average molecular weight is 469 g/mol. The molecule has 34 heavy (non-hydrogen) atoms. The lowest BCUT2D eigenvalue weighted by molar-refractivity contribution is 0.0127. The van der Waals surface area contributed by atoms with Gasteiger partial charge in [-0.25, -0.2) is 9.78 Å². The van der Waals surface area contributed by atoms with Crippen LogP contribution in [0, 0.1) is 5.92 Å². The third-order valence-electron chi connectivity index (χ3n) is 5.95. The summed E-state index contributed by atoms with van der Waals surface area (Å²) in [6.45, 7) is 12.5. The lowest BCUT2D eigenvalue weighted by Gasteiger charge is -2.33. The first-order chi connectivity index (χ1) is 16.2. The number of aromatic nitrogens is 3. The highest BCUT2D eigenvalue weighted by Crippen LogP contribution is 2.29. The summed E-state index contributed by atoms with van der Waals surface area (Å²) in [6, 6.07) is 6.01. The number of pyridine rings is 1. The van der Waals surface area contributed by atoms with Gasteiger partial charge in [-0.05, 0) is 52.2 Å². The van der Waals surface area contributed by atoms with Crippen molar-refractivity contribution >= 4 is 28.0 Å². The van der Waals surface area contributed by atoms with Gasteiger partial charge < -0.3 is 24.1 Å². The Kier molecular flexibility index (Phi) is 7.26. The maximum Gasteiger partial charge on any atom is 0.410 e. The number of amides is 1. The number of nitrogens with one attached hydrogen (secondary N) is 1. The average Bonchev–Trinajstić information content (AvgIpc) is 3.27. The number of hydrogen-bond acceptors (Lipinski definition) is 6. The third kappa shape index (κ3) is 5.78. The molecule has 1 saturated heterocycles. The molecule has 1 aliphatic rings. The molecule has 1 aromatic carbocycles. The largest absolute Gasteiger partial charge is 0.490 e. The summed E-state index contributed by atoms with van der Waals surface area (Å²) in [4.78, 5) is 26.9. The molecule has 0 bridgehead atoms. The fraction of sp³-hybridized carbons (Fsp3) is 0.577. The molecule has 0 radical (unpaired) electrons. The third-order valence-corrected chi connectivity index (χ3v) is 5.95. The van der Waals surface area contributed by atoms with Crippen LogP contribution in [0.15, 0.2) is 24.5 Å². The maximum absolute atomic E-state index is 12.3. The zero-order valence-corrected chi connectivity index (χ0v) is 20.9. The van der Waals surface area contributed by atoms with Crippen molar-refractivity contribution < 1.29 is 19.0 Å². The minimum Gasteiger partial charge on any atom is -0.490 e. The summed E-state index contributed by atoms with van der Waals surface area (Å²) in [5.74, 6) is 1.14. The molecule has 184 valence electrons. The van der Waals surface area contributed by atoms with Crippen LogP contribution in [0.4, 0.5) is 4.79 Å². The summed E-state index contributed by atoms with van der Waals surface area (Å²) >= 11 is 0. The Morgan fingerprint density at radius 3 is 2.74 bits per heavy atom. The van der Waals surface area contributed by atoms with Gasteiger partial charge in [0.25, 0.3) is 0 Å². The van der Waals surface area contributed by atoms with E-state index in [4.69, 9.17) is 19.2 Å². The SMILES string of the molecule is CCOCC(C)Cc1nc2cc(OC3CCN(C(=O)OC(C)(C)C)CC3)ccc2c2nc[nH]c12. The second-order valence-corrected chi connectivity index (χ2v) is 10.1. The number of benzene rings is 1. The van der Waals surface area contributed by atoms with Gasteiger partial charge in [0.1, 0.15) is 17.5 Å². The number of hydrogen-bond donors (Lipinski definition) is 1. The van der Waals surface area contributed by atoms with E-state index >= 15 is 0 Å². The van der Waals surface area contributed by atoms with Crippen LogP contribution in [0.3, 0.4) is 0 Å². The number of aromatic amines is 1. The number of fused-ring (bicyclic) bond motifs is 3. The van der Waals surface area contributed by atoms with Crippen LogP contribution in [0.5, 0.6) is 5.75 Å². The maximum atomic E-state index is 12.3. The Hall–Kier alpha value is -2.87. The molecule has 1 unspecified atom stereocenters. The van der Waals surface area contributed by atoms with Crippen LogP contribution in [0.25, 0.3) is 21.9 Å². The molecule has 1 atom stereocenters. The van der Waals surface area contributed by atoms with Crippen LogP contribution >= 0.6 is 0 Å². The van der Waals surface area contributed by atoms with Crippen molar-refractivity contribution in [3.63, 3.8) is 0 Å². The van der Waals surface area contributed by atoms with E-state index in [1.165, 1.54) is 0 Å². The van der Waals surface area contributed by atoms with Crippen LogP contribution in [0.2, 0.25) is 0 Å². The smallest absolute Gasteiger partial charge is 0.410 e. The van der Waals surface area contributed by atoms with E-state index in [1.807, 2.05) is 45.9 Å². The summed E-state index contributed by atoms with van der Waals surface area (Å²) in [5.41, 5.74) is 3.30. The second-order valence-electron chi connectivity index (χ2n) is 10.1. The van der Waals surface area contributed by atoms with Gasteiger partial charge in [0, 0.05) is 50.6 Å². The monoisotopic (exact) mass is 468 g/mol. The Morgan fingerprint density at radius 1 is 1.26 bits per heavy atom. The highest BCUT2D eigenvalue weighted by Gasteiger charge is 2.27. The second kappa shape index (κ2) is 10.2. The van der Waals surface area contributed by atoms with Crippen molar-refractivity contribution in [2.45, 2.75) is 65.6 Å². The molecule has 4 rings (SSSR count). The van der Waals surface area contributed by atoms with E-state index in [0.717, 1.165) is 52.6 Å². The van der Waals surface area contributed by atoms with Gasteiger partial charge >= 0.3 is 6.09 Å². The van der Waals surface area contributed by atoms with Crippen LogP contribution in [-0.4, -0.2) is 64.0 Å². The number of piperidine rings is 1. The van der Waals surface area contributed by atoms with E-state index in [1.54, 1.807) is 11.2 Å². The van der Waals surface area contributed by atoms with Gasteiger partial charge in [-0.2, -0.15) is 0 Å². The van der Waals surface area contributed by atoms with Crippen molar-refractivity contribution in [2.75, 3.05) is 26.3 Å². The molecule has 3 aromatic rings. The number of carbonyl (C=O) groups excluding carboxylic acids is 1. The van der Waals surface area contributed by atoms with Crippen molar-refractivity contribution in [1.82, 2.24) is 19.9 Å². The minimum atomic E-state index is -0.484. The number of carbonyl (C=O) groups is 1. The first-order valence-corrected chi connectivity index (χ1v) is 12.2. The van der Waals surface area contributed by atoms with Crippen molar-refractivity contribution in [1.29, 1.82) is 0 Å². The molecule has 0 aliphatic carbocycles. The van der Waals surface area contributed by atoms with Crippen LogP contribution < -0.4 is 4.74 Å². The van der Waals surface area contributed by atoms with E-state index in [2.05, 4.69) is 16.9 Å². The summed E-state index contributed by atoms with van der Waals surface area (Å²) in [5, 5.41) is 1.00. The number of likely N-dealkylation sites (tertiary alicyclic amines) is 1. The van der Waals surface area contributed by atoms with Gasteiger partial charge in [0.05, 0.1) is 28.6 Å². The molecule has 1 aliphatic heterocycles. The first-order valence-electron chi connectivity index (χ1n) is 12.2. The standard InChI is InChI=1S/C26H36N4O4/c1-6-32-15-17(2)13-22-24-23(27-16-28-24)20-8-7-19(14-21(20)29-22)33-18-9-11-30(12-10-18)25(31)34-26(3,4)5/h7-8,14,16-18H,6,9-13,15H2,1-5H3,(H,27,28). The Morgan fingerprint density at radius 2 is 2.03 bits per heavy atom. The van der Waals surface area contributed by atoms with Crippen molar-refractivity contribution in [3.8, 4) is 5.75 Å². The predicted octanol–water partition coefficient (Wildman–Crippen LogP) is 5.10. The molecule has 1 amide bonds. The summed E-state index contributed by atoms with van der Waals surface area (Å²) < 4.78 is 17.4. The van der Waals surface area contributed by atoms with Crippen molar-refractivity contribution in [2.24, 2.45) is 5.92 Å². The van der Waals surface area contributed by atoms with E-state index < -0.39 is 5.60 Å². The molecular weight excluding hydrogens is 432 g/mol. The van der Waals surface area contributed by atoms with Gasteiger partial charge in [-0.3, -0.25) is 4.98 Å². The zero-order chi connectivity index (χ0) is 24.3. The molecule has 8 nitrogen and oxygen atoms in total. The van der Waals surface area contributed by atoms with E-state index in [-0.39, 0.29) is 12.2 Å². The number of ether oxygens (including phenoxy) is 3. The van der Waals surface area contributed by atoms with Gasteiger partial charge in [0.15, 0.2) is 0 Å². The fourth-order valence-corrected chi connectivity index (χ4v) is 4.33. The first kappa shape index (κ1) is 24.3. The molecule has 1 N–H and O–H groups in total. The van der Waals surface area contributed by atoms with E-state index in [9.17, 15) is 4.79 Å². The minimum absolute atomic E-state index is 0.0518. The molecule has 2 aromatic heterocycles. The predicted molar refractivity (Wildman–Crippen MR) is 132 cm³/mol. The van der Waals surface area contributed by atoms with Gasteiger partial charge in [0.2, 0.25) is 0 Å². The number of imidazole rings is 1. The van der Waals surface area contributed by atoms with Gasteiger partial charge in [-0.15, -0.1) is 0 Å². The molecule has 0 saturated carbocycles. The number of H-pyrrole nitrogens is 1. The van der Waals surface area contributed by atoms with Crippen LogP contribution in [0.1, 0.15) is 53.2 Å². The Bertz CT molecular complexity index is 1130. The number of rotatable bonds is 7. The van der Waals surface area contributed by atoms with Crippen LogP contribution in [-0.2, 0) is 15.9 Å². The molecule has 0 spiro atoms. The molecule has 8 heteroatoms. The van der Waals surface area contributed by atoms with Crippen molar-refractivity contribution in [3.05, 3.63) is 30.2 Å². The fourth-order valence-electron chi connectivity index (χ4n) is 4.33.